The number of nitrogens with zero attached hydrogens (tertiary/aromatic N) is 2. The lowest BCUT2D eigenvalue weighted by molar-refractivity contribution is 0.513. The van der Waals surface area contributed by atoms with Crippen molar-refractivity contribution in [1.82, 2.24) is 9.97 Å². The van der Waals surface area contributed by atoms with Gasteiger partial charge in [0.15, 0.2) is 0 Å². The summed E-state index contributed by atoms with van der Waals surface area (Å²) >= 11 is 0. The minimum Gasteiger partial charge on any atom is -0.469 e. The van der Waals surface area contributed by atoms with Gasteiger partial charge in [0.25, 0.3) is 0 Å². The van der Waals surface area contributed by atoms with E-state index in [1.165, 1.54) is 0 Å². The first kappa shape index (κ1) is 12.4. The topological polar surface area (TPSA) is 63.0 Å². The zero-order valence-corrected chi connectivity index (χ0v) is 10.7. The molecule has 0 aromatic carbocycles. The van der Waals surface area contributed by atoms with Crippen LogP contribution in [0, 0.1) is 0 Å². The molecule has 2 aromatic heterocycles. The summed E-state index contributed by atoms with van der Waals surface area (Å²) in [5, 5.41) is 6.41. The maximum atomic E-state index is 5.29. The van der Waals surface area contributed by atoms with Gasteiger partial charge in [0.2, 0.25) is 0 Å². The van der Waals surface area contributed by atoms with Gasteiger partial charge in [-0.1, -0.05) is 6.92 Å². The fourth-order valence-corrected chi connectivity index (χ4v) is 1.87. The second-order valence-corrected chi connectivity index (χ2v) is 3.91. The van der Waals surface area contributed by atoms with E-state index in [9.17, 15) is 0 Å². The first-order valence-electron chi connectivity index (χ1n) is 6.13. The zero-order chi connectivity index (χ0) is 12.8. The number of anilines is 2. The molecule has 0 unspecified atom stereocenters. The predicted octanol–water partition coefficient (Wildman–Crippen LogP) is 2.33. The molecule has 0 aliphatic rings. The molecule has 0 saturated carbocycles. The first-order chi connectivity index (χ1) is 8.85. The molecule has 0 aliphatic heterocycles. The van der Waals surface area contributed by atoms with E-state index >= 15 is 0 Å². The molecule has 2 N–H and O–H groups in total. The molecule has 0 aliphatic carbocycles. The third-order valence-corrected chi connectivity index (χ3v) is 2.78. The summed E-state index contributed by atoms with van der Waals surface area (Å²) < 4.78 is 5.29. The van der Waals surface area contributed by atoms with Crippen LogP contribution in [0.5, 0.6) is 0 Å². The Morgan fingerprint density at radius 1 is 1.28 bits per heavy atom. The Bertz CT molecular complexity index is 482. The van der Waals surface area contributed by atoms with Crippen LogP contribution in [0.1, 0.15) is 18.2 Å². The van der Waals surface area contributed by atoms with Gasteiger partial charge in [-0.3, -0.25) is 0 Å². The first-order valence-corrected chi connectivity index (χ1v) is 6.13. The fraction of sp³-hybridized carbons (Fsp3) is 0.385. The lowest BCUT2D eigenvalue weighted by atomic mass is 10.2. The third-order valence-electron chi connectivity index (χ3n) is 2.78. The number of rotatable bonds is 6. The zero-order valence-electron chi connectivity index (χ0n) is 10.7. The Morgan fingerprint density at radius 3 is 2.78 bits per heavy atom. The van der Waals surface area contributed by atoms with Crippen LogP contribution < -0.4 is 10.6 Å². The van der Waals surface area contributed by atoms with Gasteiger partial charge in [0.1, 0.15) is 23.7 Å². The lowest BCUT2D eigenvalue weighted by Crippen LogP contribution is -2.10. The normalized spacial score (nSPS) is 10.3. The lowest BCUT2D eigenvalue weighted by Gasteiger charge is -2.12. The van der Waals surface area contributed by atoms with Crippen LogP contribution in [-0.2, 0) is 12.8 Å². The van der Waals surface area contributed by atoms with Gasteiger partial charge in [-0.2, -0.15) is 0 Å². The number of hydrogen-bond donors (Lipinski definition) is 2. The van der Waals surface area contributed by atoms with Gasteiger partial charge < -0.3 is 15.1 Å². The molecule has 0 radical (unpaired) electrons. The van der Waals surface area contributed by atoms with E-state index in [2.05, 4.69) is 27.5 Å². The van der Waals surface area contributed by atoms with Gasteiger partial charge in [0.05, 0.1) is 6.26 Å². The fourth-order valence-electron chi connectivity index (χ4n) is 1.87. The predicted molar refractivity (Wildman–Crippen MR) is 71.9 cm³/mol. The Hall–Kier alpha value is -2.04. The summed E-state index contributed by atoms with van der Waals surface area (Å²) in [6, 6.07) is 3.87. The van der Waals surface area contributed by atoms with Crippen molar-refractivity contribution in [2.75, 3.05) is 24.2 Å². The third kappa shape index (κ3) is 2.80. The van der Waals surface area contributed by atoms with E-state index in [0.29, 0.717) is 0 Å². The molecule has 0 bridgehead atoms. The minimum absolute atomic E-state index is 0.792. The van der Waals surface area contributed by atoms with Crippen LogP contribution in [0.3, 0.4) is 0 Å². The molecular formula is C13H18N4O. The van der Waals surface area contributed by atoms with E-state index in [1.54, 1.807) is 12.6 Å². The highest BCUT2D eigenvalue weighted by Crippen LogP contribution is 2.19. The molecule has 0 fully saturated rings. The molecular weight excluding hydrogens is 228 g/mol. The molecule has 96 valence electrons. The molecule has 2 heterocycles. The molecule has 5 heteroatoms. The highest BCUT2D eigenvalue weighted by Gasteiger charge is 2.08. The maximum Gasteiger partial charge on any atom is 0.134 e. The van der Waals surface area contributed by atoms with Crippen molar-refractivity contribution in [1.29, 1.82) is 0 Å². The standard InChI is InChI=1S/C13H18N4O/c1-3-11-12(14-2)16-9-17-13(11)15-7-6-10-5-4-8-18-10/h4-5,8-9H,3,6-7H2,1-2H3,(H2,14,15,16,17). The average Bonchev–Trinajstić information content (AvgIpc) is 2.91. The largest absolute Gasteiger partial charge is 0.469 e. The molecule has 18 heavy (non-hydrogen) atoms. The molecule has 5 nitrogen and oxygen atoms in total. The van der Waals surface area contributed by atoms with E-state index in [0.717, 1.165) is 42.3 Å². The monoisotopic (exact) mass is 246 g/mol. The van der Waals surface area contributed by atoms with Gasteiger partial charge in [-0.25, -0.2) is 9.97 Å². The summed E-state index contributed by atoms with van der Waals surface area (Å²) in [7, 11) is 1.87. The van der Waals surface area contributed by atoms with Crippen molar-refractivity contribution in [2.45, 2.75) is 19.8 Å². The van der Waals surface area contributed by atoms with E-state index in [4.69, 9.17) is 4.42 Å². The Morgan fingerprint density at radius 2 is 2.11 bits per heavy atom. The smallest absolute Gasteiger partial charge is 0.134 e. The van der Waals surface area contributed by atoms with Gasteiger partial charge >= 0.3 is 0 Å². The Kier molecular flexibility index (Phi) is 4.17. The highest BCUT2D eigenvalue weighted by molar-refractivity contribution is 5.57. The van der Waals surface area contributed by atoms with Crippen molar-refractivity contribution in [3.8, 4) is 0 Å². The van der Waals surface area contributed by atoms with Crippen molar-refractivity contribution in [2.24, 2.45) is 0 Å². The summed E-state index contributed by atoms with van der Waals surface area (Å²) in [5.41, 5.74) is 1.11. The highest BCUT2D eigenvalue weighted by atomic mass is 16.3. The number of aromatic nitrogens is 2. The van der Waals surface area contributed by atoms with E-state index < -0.39 is 0 Å². The maximum absolute atomic E-state index is 5.29. The van der Waals surface area contributed by atoms with Gasteiger partial charge in [-0.05, 0) is 18.6 Å². The summed E-state index contributed by atoms with van der Waals surface area (Å²) in [6.45, 7) is 2.89. The second kappa shape index (κ2) is 6.05. The number of hydrogen-bond acceptors (Lipinski definition) is 5. The number of nitrogens with one attached hydrogen (secondary N) is 2. The van der Waals surface area contributed by atoms with Crippen LogP contribution in [0.2, 0.25) is 0 Å². The van der Waals surface area contributed by atoms with Gasteiger partial charge in [0, 0.05) is 25.6 Å². The van der Waals surface area contributed by atoms with Crippen molar-refractivity contribution >= 4 is 11.6 Å². The Labute approximate surface area is 107 Å². The molecule has 0 saturated heterocycles. The van der Waals surface area contributed by atoms with Crippen molar-refractivity contribution in [3.63, 3.8) is 0 Å². The van der Waals surface area contributed by atoms with Crippen LogP contribution in [0.25, 0.3) is 0 Å². The van der Waals surface area contributed by atoms with Gasteiger partial charge in [-0.15, -0.1) is 0 Å². The SMILES string of the molecule is CCc1c(NC)ncnc1NCCc1ccco1. The Balaban J connectivity index is 2.00. The summed E-state index contributed by atoms with van der Waals surface area (Å²) in [6.07, 6.45) is 4.99. The van der Waals surface area contributed by atoms with Crippen LogP contribution in [-0.4, -0.2) is 23.6 Å². The van der Waals surface area contributed by atoms with Crippen molar-refractivity contribution in [3.05, 3.63) is 36.0 Å². The summed E-state index contributed by atoms with van der Waals surface area (Å²) in [4.78, 5) is 8.49. The molecule has 2 aromatic rings. The minimum atomic E-state index is 0.792. The van der Waals surface area contributed by atoms with E-state index in [1.807, 2.05) is 19.2 Å². The van der Waals surface area contributed by atoms with Crippen LogP contribution in [0.15, 0.2) is 29.1 Å². The molecule has 0 amide bonds. The van der Waals surface area contributed by atoms with Crippen LogP contribution >= 0.6 is 0 Å². The molecule has 0 atom stereocenters. The number of furan rings is 1. The average molecular weight is 246 g/mol. The quantitative estimate of drug-likeness (QED) is 0.819. The van der Waals surface area contributed by atoms with Crippen molar-refractivity contribution < 1.29 is 4.42 Å². The molecule has 0 spiro atoms. The summed E-state index contributed by atoms with van der Waals surface area (Å²) in [5.74, 6) is 2.75. The van der Waals surface area contributed by atoms with Crippen LogP contribution in [0.4, 0.5) is 11.6 Å². The second-order valence-electron chi connectivity index (χ2n) is 3.91. The van der Waals surface area contributed by atoms with E-state index in [-0.39, 0.29) is 0 Å². The molecule has 2 rings (SSSR count).